The molecule has 0 aliphatic heterocycles. The average Bonchev–Trinajstić information content (AvgIpc) is 2.53. The Hall–Kier alpha value is -1.14. The van der Waals surface area contributed by atoms with Crippen molar-refractivity contribution in [1.82, 2.24) is 0 Å². The highest BCUT2D eigenvalue weighted by molar-refractivity contribution is 5.35. The van der Waals surface area contributed by atoms with E-state index in [9.17, 15) is 26.3 Å². The minimum atomic E-state index is -4.78. The minimum absolute atomic E-state index is 0.142. The zero-order chi connectivity index (χ0) is 18.9. The van der Waals surface area contributed by atoms with Gasteiger partial charge in [-0.15, -0.1) is 0 Å². The highest BCUT2D eigenvalue weighted by Crippen LogP contribution is 2.51. The lowest BCUT2D eigenvalue weighted by molar-refractivity contribution is -0.287. The van der Waals surface area contributed by atoms with E-state index in [4.69, 9.17) is 0 Å². The molecule has 0 amide bonds. The molecule has 144 valence electrons. The van der Waals surface area contributed by atoms with Gasteiger partial charge in [-0.2, -0.15) is 26.3 Å². The summed E-state index contributed by atoms with van der Waals surface area (Å²) < 4.78 is 88.6. The summed E-state index contributed by atoms with van der Waals surface area (Å²) in [5, 5.41) is 0. The van der Waals surface area contributed by atoms with Gasteiger partial charge in [0.05, 0.1) is 5.92 Å². The second-order valence-electron chi connectivity index (χ2n) is 6.90. The second kappa shape index (κ2) is 7.23. The van der Waals surface area contributed by atoms with E-state index < -0.39 is 35.2 Å². The molecule has 2 aliphatic carbocycles. The average molecular weight is 370 g/mol. The Morgan fingerprint density at radius 3 is 2.12 bits per heavy atom. The van der Waals surface area contributed by atoms with Crippen molar-refractivity contribution in [1.29, 1.82) is 0 Å². The molecule has 0 atom stereocenters. The standard InChI is InChI=1S/C18H24F6O/c1-3-5-12-6-8-14(9-7-12)18(23,24)25-15-11-10-13(4-2)16(19,20)17(15,21)22/h10-12,14H,3-9H2,1-2H3. The lowest BCUT2D eigenvalue weighted by Gasteiger charge is -2.37. The van der Waals surface area contributed by atoms with Crippen molar-refractivity contribution in [3.05, 3.63) is 23.5 Å². The molecule has 0 aromatic heterocycles. The first-order valence-corrected chi connectivity index (χ1v) is 8.80. The lowest BCUT2D eigenvalue weighted by Crippen LogP contribution is -2.48. The molecule has 1 saturated carbocycles. The van der Waals surface area contributed by atoms with E-state index in [0.29, 0.717) is 24.8 Å². The molecule has 7 heteroatoms. The van der Waals surface area contributed by atoms with Crippen molar-refractivity contribution >= 4 is 0 Å². The number of alkyl halides is 6. The molecule has 0 unspecified atom stereocenters. The molecular formula is C18H24F6O. The first-order valence-electron chi connectivity index (χ1n) is 8.80. The van der Waals surface area contributed by atoms with Crippen LogP contribution in [0.1, 0.15) is 58.8 Å². The molecule has 0 N–H and O–H groups in total. The molecule has 0 aromatic rings. The first kappa shape index (κ1) is 20.2. The zero-order valence-electron chi connectivity index (χ0n) is 14.4. The summed E-state index contributed by atoms with van der Waals surface area (Å²) in [5.74, 6) is -11.8. The molecule has 0 aromatic carbocycles. The van der Waals surface area contributed by atoms with E-state index in [1.54, 1.807) is 0 Å². The number of ether oxygens (including phenoxy) is 1. The molecule has 2 rings (SSSR count). The van der Waals surface area contributed by atoms with Gasteiger partial charge in [-0.25, -0.2) is 0 Å². The highest BCUT2D eigenvalue weighted by atomic mass is 19.3. The van der Waals surface area contributed by atoms with E-state index >= 15 is 0 Å². The van der Waals surface area contributed by atoms with Crippen LogP contribution in [0.4, 0.5) is 26.3 Å². The molecule has 2 aliphatic rings. The van der Waals surface area contributed by atoms with Gasteiger partial charge < -0.3 is 4.74 Å². The summed E-state index contributed by atoms with van der Waals surface area (Å²) in [6.45, 7) is 3.32. The van der Waals surface area contributed by atoms with E-state index in [0.717, 1.165) is 18.9 Å². The van der Waals surface area contributed by atoms with Gasteiger partial charge in [0.25, 0.3) is 0 Å². The predicted molar refractivity (Wildman–Crippen MR) is 82.7 cm³/mol. The monoisotopic (exact) mass is 370 g/mol. The molecule has 0 heterocycles. The van der Waals surface area contributed by atoms with Crippen LogP contribution in [-0.4, -0.2) is 18.0 Å². The predicted octanol–water partition coefficient (Wildman–Crippen LogP) is 6.71. The van der Waals surface area contributed by atoms with Crippen molar-refractivity contribution in [2.75, 3.05) is 0 Å². The summed E-state index contributed by atoms with van der Waals surface area (Å²) >= 11 is 0. The summed E-state index contributed by atoms with van der Waals surface area (Å²) in [4.78, 5) is 0. The number of rotatable bonds is 6. The molecule has 0 radical (unpaired) electrons. The Bertz CT molecular complexity index is 530. The Kier molecular flexibility index (Phi) is 5.84. The van der Waals surface area contributed by atoms with Crippen LogP contribution in [0.2, 0.25) is 0 Å². The van der Waals surface area contributed by atoms with Crippen LogP contribution in [0.25, 0.3) is 0 Å². The number of hydrogen-bond acceptors (Lipinski definition) is 1. The molecule has 25 heavy (non-hydrogen) atoms. The molecular weight excluding hydrogens is 346 g/mol. The molecule has 1 fully saturated rings. The largest absolute Gasteiger partial charge is 0.430 e. The summed E-state index contributed by atoms with van der Waals surface area (Å²) in [6, 6.07) is 0. The quantitative estimate of drug-likeness (QED) is 0.472. The normalized spacial score (nSPS) is 29.0. The first-order chi connectivity index (χ1) is 11.6. The third-order valence-electron chi connectivity index (χ3n) is 5.19. The topological polar surface area (TPSA) is 9.23 Å². The van der Waals surface area contributed by atoms with Crippen molar-refractivity contribution < 1.29 is 31.1 Å². The van der Waals surface area contributed by atoms with Gasteiger partial charge in [-0.3, -0.25) is 0 Å². The van der Waals surface area contributed by atoms with Crippen LogP contribution in [0.5, 0.6) is 0 Å². The van der Waals surface area contributed by atoms with Crippen molar-refractivity contribution in [2.45, 2.75) is 76.7 Å². The van der Waals surface area contributed by atoms with Crippen LogP contribution >= 0.6 is 0 Å². The Balaban J connectivity index is 2.12. The Morgan fingerprint density at radius 2 is 1.60 bits per heavy atom. The van der Waals surface area contributed by atoms with Crippen molar-refractivity contribution in [3.63, 3.8) is 0 Å². The highest BCUT2D eigenvalue weighted by Gasteiger charge is 2.64. The number of hydrogen-bond donors (Lipinski definition) is 0. The van der Waals surface area contributed by atoms with Gasteiger partial charge in [0, 0.05) is 5.57 Å². The third-order valence-corrected chi connectivity index (χ3v) is 5.19. The number of allylic oxidation sites excluding steroid dienone is 4. The maximum absolute atomic E-state index is 14.3. The van der Waals surface area contributed by atoms with E-state index in [2.05, 4.69) is 4.74 Å². The molecule has 0 spiro atoms. The van der Waals surface area contributed by atoms with Gasteiger partial charge in [-0.05, 0) is 44.1 Å². The van der Waals surface area contributed by atoms with Crippen LogP contribution in [0.15, 0.2) is 23.5 Å². The fourth-order valence-corrected chi connectivity index (χ4v) is 3.61. The lowest BCUT2D eigenvalue weighted by atomic mass is 9.79. The van der Waals surface area contributed by atoms with E-state index in [1.807, 2.05) is 6.92 Å². The van der Waals surface area contributed by atoms with Gasteiger partial charge in [-0.1, -0.05) is 32.8 Å². The maximum Gasteiger partial charge on any atom is 0.400 e. The minimum Gasteiger partial charge on any atom is -0.430 e. The summed E-state index contributed by atoms with van der Waals surface area (Å²) in [7, 11) is 0. The third kappa shape index (κ3) is 3.85. The van der Waals surface area contributed by atoms with Gasteiger partial charge >= 0.3 is 18.0 Å². The van der Waals surface area contributed by atoms with Gasteiger partial charge in [0.1, 0.15) is 0 Å². The van der Waals surface area contributed by atoms with Crippen LogP contribution in [0, 0.1) is 11.8 Å². The number of halogens is 6. The van der Waals surface area contributed by atoms with Gasteiger partial charge in [0.2, 0.25) is 0 Å². The summed E-state index contributed by atoms with van der Waals surface area (Å²) in [5.41, 5.74) is -0.798. The van der Waals surface area contributed by atoms with Crippen LogP contribution in [0.3, 0.4) is 0 Å². The van der Waals surface area contributed by atoms with Crippen LogP contribution < -0.4 is 0 Å². The SMILES string of the molecule is CCCC1CCC(C(F)(F)OC2=CC=C(CC)C(F)(F)C2(F)F)CC1. The van der Waals surface area contributed by atoms with Gasteiger partial charge in [0.15, 0.2) is 5.76 Å². The summed E-state index contributed by atoms with van der Waals surface area (Å²) in [6.07, 6.45) is 0.442. The molecule has 1 nitrogen and oxygen atoms in total. The fourth-order valence-electron chi connectivity index (χ4n) is 3.61. The zero-order valence-corrected chi connectivity index (χ0v) is 14.4. The van der Waals surface area contributed by atoms with Crippen LogP contribution in [-0.2, 0) is 4.74 Å². The molecule has 0 bridgehead atoms. The van der Waals surface area contributed by atoms with Crippen molar-refractivity contribution in [3.8, 4) is 0 Å². The fraction of sp³-hybridized carbons (Fsp3) is 0.778. The smallest absolute Gasteiger partial charge is 0.400 e. The van der Waals surface area contributed by atoms with E-state index in [1.165, 1.54) is 6.92 Å². The Labute approximate surface area is 144 Å². The second-order valence-corrected chi connectivity index (χ2v) is 6.90. The molecule has 0 saturated heterocycles. The Morgan fingerprint density at radius 1 is 1.00 bits per heavy atom. The maximum atomic E-state index is 14.3. The van der Waals surface area contributed by atoms with Crippen molar-refractivity contribution in [2.24, 2.45) is 11.8 Å². The van der Waals surface area contributed by atoms with E-state index in [-0.39, 0.29) is 19.3 Å².